The first-order chi connectivity index (χ1) is 22.3. The second kappa shape index (κ2) is 10.2. The van der Waals surface area contributed by atoms with Crippen LogP contribution in [0, 0.1) is 26.0 Å². The van der Waals surface area contributed by atoms with Gasteiger partial charge in [0.15, 0.2) is 0 Å². The number of rotatable bonds is 3. The topological polar surface area (TPSA) is 39.4 Å². The van der Waals surface area contributed by atoms with Gasteiger partial charge in [0.1, 0.15) is 22.7 Å². The zero-order valence-electron chi connectivity index (χ0n) is 28.5. The van der Waals surface area contributed by atoms with E-state index in [-0.39, 0.29) is 31.9 Å². The van der Waals surface area contributed by atoms with Crippen LogP contribution in [0.1, 0.15) is 80.5 Å². The van der Waals surface area contributed by atoms with Gasteiger partial charge in [-0.2, -0.15) is 6.07 Å². The smallest absolute Gasteiger partial charge is 0.510 e. The molecular weight excluding hydrogens is 790 g/mol. The average molecular weight is 827 g/mol. The van der Waals surface area contributed by atoms with Crippen molar-refractivity contribution < 1.29 is 25.8 Å². The fraction of sp³-hybridized carbons (Fsp3) is 0.286. The molecule has 0 amide bonds. The maximum absolute atomic E-state index is 6.93. The van der Waals surface area contributed by atoms with Crippen LogP contribution in [0.25, 0.3) is 27.6 Å². The quantitative estimate of drug-likeness (QED) is 0.167. The third-order valence-corrected chi connectivity index (χ3v) is 12.7. The van der Waals surface area contributed by atoms with Gasteiger partial charge in [-0.25, -0.2) is 4.98 Å². The molecule has 9 rings (SSSR count). The van der Waals surface area contributed by atoms with Gasteiger partial charge in [-0.1, -0.05) is 105 Å². The van der Waals surface area contributed by atoms with Gasteiger partial charge in [0.05, 0.1) is 5.52 Å². The number of hydrogen-bond donors (Lipinski definition) is 0. The van der Waals surface area contributed by atoms with Crippen LogP contribution in [-0.2, 0) is 42.2 Å². The molecule has 0 N–H and O–H groups in total. The van der Waals surface area contributed by atoms with Crippen molar-refractivity contribution in [3.05, 3.63) is 130 Å². The summed E-state index contributed by atoms with van der Waals surface area (Å²) in [7, 11) is 0. The first-order valence-electron chi connectivity index (χ1n) is 16.4. The summed E-state index contributed by atoms with van der Waals surface area (Å²) in [6.07, 6.45) is 1.89. The Morgan fingerprint density at radius 1 is 0.771 bits per heavy atom. The molecule has 242 valence electrons. The molecule has 4 aromatic carbocycles. The minimum absolute atomic E-state index is 0. The second-order valence-corrected chi connectivity index (χ2v) is 16.0. The maximum atomic E-state index is 6.93. The number of ether oxygens (including phenoxy) is 1. The van der Waals surface area contributed by atoms with Gasteiger partial charge in [0, 0.05) is 22.4 Å². The van der Waals surface area contributed by atoms with Gasteiger partial charge < -0.3 is 9.30 Å². The van der Waals surface area contributed by atoms with Crippen LogP contribution in [0.2, 0.25) is 0 Å². The molecule has 2 aliphatic heterocycles. The number of benzene rings is 4. The molecule has 2 atom stereocenters. The van der Waals surface area contributed by atoms with Crippen LogP contribution in [0.15, 0.2) is 93.8 Å². The van der Waals surface area contributed by atoms with Crippen molar-refractivity contribution >= 4 is 39.6 Å². The number of hydrogen-bond acceptors (Lipinski definition) is 4. The molecular formula is C42H37N3OPtS. The zero-order chi connectivity index (χ0) is 32.7. The fourth-order valence-corrected chi connectivity index (χ4v) is 9.60. The number of aromatic nitrogens is 2. The molecule has 0 fully saturated rings. The predicted molar refractivity (Wildman–Crippen MR) is 191 cm³/mol. The molecule has 6 heteroatoms. The molecule has 4 nitrogen and oxygen atoms in total. The predicted octanol–water partition coefficient (Wildman–Crippen LogP) is 9.93. The molecule has 2 aromatic heterocycles. The van der Waals surface area contributed by atoms with Crippen molar-refractivity contribution in [2.45, 2.75) is 87.2 Å². The minimum atomic E-state index is -0.519. The second-order valence-electron chi connectivity index (χ2n) is 14.9. The minimum Gasteiger partial charge on any atom is -0.510 e. The van der Waals surface area contributed by atoms with Crippen LogP contribution in [0.3, 0.4) is 0 Å². The van der Waals surface area contributed by atoms with E-state index in [0.29, 0.717) is 5.90 Å². The number of aryl methyl sites for hydroxylation is 2. The van der Waals surface area contributed by atoms with E-state index in [9.17, 15) is 0 Å². The number of para-hydroxylation sites is 1. The molecule has 0 spiro atoms. The largest absolute Gasteiger partial charge is 2.00 e. The van der Waals surface area contributed by atoms with Gasteiger partial charge >= 0.3 is 21.1 Å². The van der Waals surface area contributed by atoms with E-state index >= 15 is 0 Å². The van der Waals surface area contributed by atoms with Crippen molar-refractivity contribution in [3.63, 3.8) is 0 Å². The van der Waals surface area contributed by atoms with Crippen LogP contribution in [0.5, 0.6) is 0 Å². The summed E-state index contributed by atoms with van der Waals surface area (Å²) in [5.74, 6) is 0.667. The third-order valence-electron chi connectivity index (χ3n) is 11.6. The summed E-state index contributed by atoms with van der Waals surface area (Å²) in [6.45, 7) is 18.0. The van der Waals surface area contributed by atoms with Crippen molar-refractivity contribution in [1.29, 1.82) is 0 Å². The number of fused-ring (bicyclic) bond motifs is 8. The van der Waals surface area contributed by atoms with Gasteiger partial charge in [-0.05, 0) is 48.1 Å². The summed E-state index contributed by atoms with van der Waals surface area (Å²) in [4.78, 5) is 12.3. The van der Waals surface area contributed by atoms with Gasteiger partial charge in [-0.15, -0.1) is 52.7 Å². The first kappa shape index (κ1) is 31.6. The molecule has 6 aromatic rings. The van der Waals surface area contributed by atoms with Crippen LogP contribution in [-0.4, -0.2) is 21.0 Å². The monoisotopic (exact) mass is 826 g/mol. The Kier molecular flexibility index (Phi) is 6.70. The molecule has 0 radical (unpaired) electrons. The van der Waals surface area contributed by atoms with E-state index in [1.54, 1.807) is 11.8 Å². The van der Waals surface area contributed by atoms with Gasteiger partial charge in [0.25, 0.3) is 0 Å². The fourth-order valence-electron chi connectivity index (χ4n) is 8.61. The summed E-state index contributed by atoms with van der Waals surface area (Å²) in [5.41, 5.74) is 10.3. The Hall–Kier alpha value is -3.66. The standard InChI is InChI=1S/C42H37N3OS.Pt/c1-24-19-26(38-44-41(7)31-16-10-9-15-30(31)40(5,6)42(41,8)46-38)22-27(20-24)47-35-23-34-33(21-25(35)2)39(3,4)32-17-11-13-28-29-14-12-18-43-37(29)45(34)36(28)32;/h9-21H,1-8H3;/q-2;+2/t41-,42+;/m1./s1. The number of nitrogens with zero attached hydrogens (tertiary/aromatic N) is 3. The van der Waals surface area contributed by atoms with Crippen molar-refractivity contribution in [3.8, 4) is 5.69 Å². The van der Waals surface area contributed by atoms with E-state index in [0.717, 1.165) is 32.3 Å². The van der Waals surface area contributed by atoms with E-state index in [4.69, 9.17) is 14.7 Å². The summed E-state index contributed by atoms with van der Waals surface area (Å²) in [5, 5.41) is 2.41. The van der Waals surface area contributed by atoms with Crippen LogP contribution in [0.4, 0.5) is 0 Å². The SMILES string of the molecule is Cc1cc(Sc2[c-]c3c(cc2C)C(C)(C)c2cccc4c5cccnc5n-3c24)[c-]c(C2=N[C@]3(C)c4ccccc4C(C)(C)[C@]3(C)O2)c1.[Pt+2]. The van der Waals surface area contributed by atoms with E-state index in [2.05, 4.69) is 139 Å². The van der Waals surface area contributed by atoms with E-state index < -0.39 is 11.1 Å². The Bertz CT molecular complexity index is 2390. The van der Waals surface area contributed by atoms with Crippen LogP contribution >= 0.6 is 11.8 Å². The molecule has 0 bridgehead atoms. The molecule has 0 unspecified atom stereocenters. The summed E-state index contributed by atoms with van der Waals surface area (Å²) >= 11 is 1.71. The third kappa shape index (κ3) is 3.89. The molecule has 0 saturated carbocycles. The summed E-state index contributed by atoms with van der Waals surface area (Å²) in [6, 6.07) is 33.8. The maximum Gasteiger partial charge on any atom is 2.00 e. The number of aliphatic imine (C=N–C) groups is 1. The molecule has 4 heterocycles. The Balaban J connectivity index is 0.00000336. The van der Waals surface area contributed by atoms with Crippen molar-refractivity contribution in [1.82, 2.24) is 9.55 Å². The van der Waals surface area contributed by atoms with Crippen molar-refractivity contribution in [2.24, 2.45) is 4.99 Å². The molecule has 0 saturated heterocycles. The van der Waals surface area contributed by atoms with Gasteiger partial charge in [-0.3, -0.25) is 4.99 Å². The van der Waals surface area contributed by atoms with Crippen LogP contribution < -0.4 is 0 Å². The number of pyridine rings is 1. The Morgan fingerprint density at radius 3 is 2.29 bits per heavy atom. The van der Waals surface area contributed by atoms with E-state index in [1.165, 1.54) is 44.1 Å². The zero-order valence-corrected chi connectivity index (χ0v) is 31.6. The molecule has 1 aliphatic carbocycles. The Labute approximate surface area is 301 Å². The van der Waals surface area contributed by atoms with E-state index in [1.807, 2.05) is 12.3 Å². The van der Waals surface area contributed by atoms with Gasteiger partial charge in [0.2, 0.25) is 0 Å². The average Bonchev–Trinajstić information content (AvgIpc) is 3.57. The Morgan fingerprint density at radius 2 is 1.50 bits per heavy atom. The first-order valence-corrected chi connectivity index (χ1v) is 17.2. The normalized spacial score (nSPS) is 22.5. The summed E-state index contributed by atoms with van der Waals surface area (Å²) < 4.78 is 9.26. The molecule has 48 heavy (non-hydrogen) atoms. The molecule has 3 aliphatic rings. The van der Waals surface area contributed by atoms with Crippen molar-refractivity contribution in [2.75, 3.05) is 0 Å².